The van der Waals surface area contributed by atoms with Crippen molar-refractivity contribution in [2.45, 2.75) is 38.0 Å². The highest BCUT2D eigenvalue weighted by Crippen LogP contribution is 2.37. The van der Waals surface area contributed by atoms with Gasteiger partial charge in [0, 0.05) is 5.56 Å². The van der Waals surface area contributed by atoms with E-state index in [0.717, 1.165) is 17.6 Å². The molecule has 0 atom stereocenters. The minimum Gasteiger partial charge on any atom is -0.496 e. The molecule has 1 aromatic carbocycles. The maximum Gasteiger partial charge on any atom is 0.150 e. The second-order valence-electron chi connectivity index (χ2n) is 4.45. The molecule has 0 heterocycles. The molecular weight excluding hydrogens is 200 g/mol. The third-order valence-corrected chi connectivity index (χ3v) is 3.43. The van der Waals surface area contributed by atoms with Crippen LogP contribution in [0.15, 0.2) is 18.2 Å². The predicted molar refractivity (Wildman–Crippen MR) is 64.2 cm³/mol. The summed E-state index contributed by atoms with van der Waals surface area (Å²) in [6.07, 6.45) is 7.27. The lowest BCUT2D eigenvalue weighted by molar-refractivity contribution is 0.112. The standard InChI is InChI=1S/C14H18O2/c1-16-14-8-7-11(10-15)9-13(14)12-5-3-2-4-6-12/h7-10,12H,2-6H2,1H3. The molecule has 0 unspecified atom stereocenters. The Bertz CT molecular complexity index is 365. The van der Waals surface area contributed by atoms with Crippen LogP contribution in [-0.2, 0) is 0 Å². The molecule has 0 saturated heterocycles. The molecule has 2 rings (SSSR count). The second-order valence-corrected chi connectivity index (χ2v) is 4.45. The van der Waals surface area contributed by atoms with Gasteiger partial charge in [0.2, 0.25) is 0 Å². The van der Waals surface area contributed by atoms with E-state index in [1.54, 1.807) is 7.11 Å². The van der Waals surface area contributed by atoms with Crippen LogP contribution < -0.4 is 4.74 Å². The third kappa shape index (κ3) is 2.26. The smallest absolute Gasteiger partial charge is 0.150 e. The van der Waals surface area contributed by atoms with Gasteiger partial charge in [-0.25, -0.2) is 0 Å². The van der Waals surface area contributed by atoms with E-state index >= 15 is 0 Å². The van der Waals surface area contributed by atoms with Crippen molar-refractivity contribution >= 4 is 6.29 Å². The molecule has 1 aliphatic rings. The zero-order chi connectivity index (χ0) is 11.4. The fourth-order valence-corrected chi connectivity index (χ4v) is 2.56. The van der Waals surface area contributed by atoms with Gasteiger partial charge in [0.05, 0.1) is 7.11 Å². The summed E-state index contributed by atoms with van der Waals surface area (Å²) in [6, 6.07) is 5.72. The molecule has 0 radical (unpaired) electrons. The van der Waals surface area contributed by atoms with Gasteiger partial charge in [0.25, 0.3) is 0 Å². The van der Waals surface area contributed by atoms with E-state index < -0.39 is 0 Å². The predicted octanol–water partition coefficient (Wildman–Crippen LogP) is 3.56. The summed E-state index contributed by atoms with van der Waals surface area (Å²) in [4.78, 5) is 10.8. The fourth-order valence-electron chi connectivity index (χ4n) is 2.56. The first-order valence-corrected chi connectivity index (χ1v) is 5.98. The summed E-state index contributed by atoms with van der Waals surface area (Å²) >= 11 is 0. The van der Waals surface area contributed by atoms with Crippen LogP contribution in [0.4, 0.5) is 0 Å². The number of carbonyl (C=O) groups is 1. The Morgan fingerprint density at radius 2 is 2.00 bits per heavy atom. The van der Waals surface area contributed by atoms with E-state index in [-0.39, 0.29) is 0 Å². The summed E-state index contributed by atoms with van der Waals surface area (Å²) in [5.41, 5.74) is 1.97. The number of ether oxygens (including phenoxy) is 1. The molecule has 1 aromatic rings. The summed E-state index contributed by atoms with van der Waals surface area (Å²) in [5, 5.41) is 0. The Morgan fingerprint density at radius 3 is 2.62 bits per heavy atom. The minimum atomic E-state index is 0.573. The third-order valence-electron chi connectivity index (χ3n) is 3.43. The van der Waals surface area contributed by atoms with Crippen molar-refractivity contribution < 1.29 is 9.53 Å². The quantitative estimate of drug-likeness (QED) is 0.725. The van der Waals surface area contributed by atoms with Gasteiger partial charge in [-0.1, -0.05) is 19.3 Å². The Kier molecular flexibility index (Phi) is 3.60. The molecule has 86 valence electrons. The molecule has 0 bridgehead atoms. The SMILES string of the molecule is COc1ccc(C=O)cc1C1CCCCC1. The first-order valence-electron chi connectivity index (χ1n) is 5.98. The fraction of sp³-hybridized carbons (Fsp3) is 0.500. The lowest BCUT2D eigenvalue weighted by Crippen LogP contribution is -2.06. The highest BCUT2D eigenvalue weighted by atomic mass is 16.5. The van der Waals surface area contributed by atoms with Crippen molar-refractivity contribution in [3.8, 4) is 5.75 Å². The van der Waals surface area contributed by atoms with E-state index in [2.05, 4.69) is 0 Å². The average molecular weight is 218 g/mol. The number of methoxy groups -OCH3 is 1. The molecule has 0 aromatic heterocycles. The van der Waals surface area contributed by atoms with Crippen molar-refractivity contribution in [3.63, 3.8) is 0 Å². The number of hydrogen-bond donors (Lipinski definition) is 0. The van der Waals surface area contributed by atoms with Crippen LogP contribution in [0, 0.1) is 0 Å². The second kappa shape index (κ2) is 5.15. The van der Waals surface area contributed by atoms with Crippen LogP contribution >= 0.6 is 0 Å². The molecular formula is C14H18O2. The zero-order valence-electron chi connectivity index (χ0n) is 9.74. The topological polar surface area (TPSA) is 26.3 Å². The number of benzene rings is 1. The Balaban J connectivity index is 2.31. The average Bonchev–Trinajstić information content (AvgIpc) is 2.39. The van der Waals surface area contributed by atoms with Crippen LogP contribution in [0.1, 0.15) is 53.9 Å². The van der Waals surface area contributed by atoms with Crippen LogP contribution in [0.25, 0.3) is 0 Å². The van der Waals surface area contributed by atoms with Gasteiger partial charge < -0.3 is 4.74 Å². The summed E-state index contributed by atoms with van der Waals surface area (Å²) in [5.74, 6) is 1.50. The van der Waals surface area contributed by atoms with Crippen molar-refractivity contribution in [2.24, 2.45) is 0 Å². The Morgan fingerprint density at radius 1 is 1.25 bits per heavy atom. The Labute approximate surface area is 96.6 Å². The van der Waals surface area contributed by atoms with E-state index in [1.165, 1.54) is 37.7 Å². The van der Waals surface area contributed by atoms with Gasteiger partial charge >= 0.3 is 0 Å². The van der Waals surface area contributed by atoms with E-state index in [9.17, 15) is 4.79 Å². The summed E-state index contributed by atoms with van der Waals surface area (Å²) < 4.78 is 5.38. The van der Waals surface area contributed by atoms with Gasteiger partial charge in [-0.2, -0.15) is 0 Å². The molecule has 1 saturated carbocycles. The first kappa shape index (κ1) is 11.2. The maximum absolute atomic E-state index is 10.8. The highest BCUT2D eigenvalue weighted by Gasteiger charge is 2.19. The van der Waals surface area contributed by atoms with Gasteiger partial charge in [-0.3, -0.25) is 4.79 Å². The molecule has 0 N–H and O–H groups in total. The number of aldehydes is 1. The van der Waals surface area contributed by atoms with Crippen molar-refractivity contribution in [2.75, 3.05) is 7.11 Å². The zero-order valence-corrected chi connectivity index (χ0v) is 9.74. The minimum absolute atomic E-state index is 0.573. The molecule has 16 heavy (non-hydrogen) atoms. The van der Waals surface area contributed by atoms with E-state index in [1.807, 2.05) is 18.2 Å². The number of hydrogen-bond acceptors (Lipinski definition) is 2. The molecule has 1 aliphatic carbocycles. The first-order chi connectivity index (χ1) is 7.85. The normalized spacial score (nSPS) is 17.1. The molecule has 0 spiro atoms. The van der Waals surface area contributed by atoms with Crippen molar-refractivity contribution in [1.29, 1.82) is 0 Å². The van der Waals surface area contributed by atoms with Crippen LogP contribution in [0.2, 0.25) is 0 Å². The molecule has 2 nitrogen and oxygen atoms in total. The molecule has 0 aliphatic heterocycles. The van der Waals surface area contributed by atoms with Gasteiger partial charge in [-0.15, -0.1) is 0 Å². The molecule has 2 heteroatoms. The molecule has 0 amide bonds. The summed E-state index contributed by atoms with van der Waals surface area (Å²) in [6.45, 7) is 0. The highest BCUT2D eigenvalue weighted by molar-refractivity contribution is 5.75. The molecule has 1 fully saturated rings. The van der Waals surface area contributed by atoms with Crippen molar-refractivity contribution in [3.05, 3.63) is 29.3 Å². The van der Waals surface area contributed by atoms with Gasteiger partial charge in [-0.05, 0) is 42.5 Å². The summed E-state index contributed by atoms with van der Waals surface area (Å²) in [7, 11) is 1.70. The van der Waals surface area contributed by atoms with Crippen molar-refractivity contribution in [1.82, 2.24) is 0 Å². The van der Waals surface area contributed by atoms with Gasteiger partial charge in [0.15, 0.2) is 0 Å². The number of rotatable bonds is 3. The van der Waals surface area contributed by atoms with E-state index in [4.69, 9.17) is 4.74 Å². The van der Waals surface area contributed by atoms with Crippen LogP contribution in [0.5, 0.6) is 5.75 Å². The van der Waals surface area contributed by atoms with Crippen LogP contribution in [-0.4, -0.2) is 13.4 Å². The largest absolute Gasteiger partial charge is 0.496 e. The van der Waals surface area contributed by atoms with Gasteiger partial charge in [0.1, 0.15) is 12.0 Å². The lowest BCUT2D eigenvalue weighted by Gasteiger charge is -2.23. The van der Waals surface area contributed by atoms with E-state index in [0.29, 0.717) is 5.92 Å². The number of carbonyl (C=O) groups excluding carboxylic acids is 1. The monoisotopic (exact) mass is 218 g/mol. The lowest BCUT2D eigenvalue weighted by atomic mass is 9.83. The Hall–Kier alpha value is -1.31. The maximum atomic E-state index is 10.8. The van der Waals surface area contributed by atoms with Crippen LogP contribution in [0.3, 0.4) is 0 Å².